The molecule has 4 rings (SSSR count). The lowest BCUT2D eigenvalue weighted by Crippen LogP contribution is -2.32. The van der Waals surface area contributed by atoms with Crippen LogP contribution in [0, 0.1) is 0 Å². The number of esters is 1. The molecule has 0 aliphatic carbocycles. The first-order chi connectivity index (χ1) is 17.6. The van der Waals surface area contributed by atoms with Crippen LogP contribution in [0.2, 0.25) is 0 Å². The lowest BCUT2D eigenvalue weighted by molar-refractivity contribution is 0.0528. The van der Waals surface area contributed by atoms with Gasteiger partial charge in [-0.15, -0.1) is 0 Å². The number of methoxy groups -OCH3 is 1. The van der Waals surface area contributed by atoms with Crippen LogP contribution < -0.4 is 14.8 Å². The smallest absolute Gasteiger partial charge is 0.342 e. The number of nitrogens with one attached hydrogen (secondary N) is 1. The summed E-state index contributed by atoms with van der Waals surface area (Å²) in [7, 11) is 1.65. The maximum Gasteiger partial charge on any atom is 0.342 e. The van der Waals surface area contributed by atoms with Crippen molar-refractivity contribution in [2.45, 2.75) is 19.4 Å². The molecule has 0 bridgehead atoms. The predicted octanol–water partition coefficient (Wildman–Crippen LogP) is 4.86. The Balaban J connectivity index is 1.37. The third kappa shape index (κ3) is 6.24. The first-order valence-electron chi connectivity index (χ1n) is 12.0. The van der Waals surface area contributed by atoms with Gasteiger partial charge in [0.25, 0.3) is 0 Å². The third-order valence-electron chi connectivity index (χ3n) is 5.75. The highest BCUT2D eigenvalue weighted by Gasteiger charge is 2.23. The SMILES string of the molecule is CCOC(=O)c1c(-c2ccccc2)oc2ccc(OC[C@@H](O)CNCCc3ccc(OC)cc3)cc12. The van der Waals surface area contributed by atoms with Crippen molar-refractivity contribution in [3.63, 3.8) is 0 Å². The molecule has 0 saturated carbocycles. The summed E-state index contributed by atoms with van der Waals surface area (Å²) in [6, 6.07) is 22.7. The molecule has 1 atom stereocenters. The molecule has 1 aromatic heterocycles. The van der Waals surface area contributed by atoms with Crippen molar-refractivity contribution < 1.29 is 28.5 Å². The second-order valence-electron chi connectivity index (χ2n) is 8.32. The lowest BCUT2D eigenvalue weighted by atomic mass is 10.1. The van der Waals surface area contributed by atoms with E-state index in [1.54, 1.807) is 32.2 Å². The van der Waals surface area contributed by atoms with Crippen molar-refractivity contribution in [2.24, 2.45) is 0 Å². The summed E-state index contributed by atoms with van der Waals surface area (Å²) in [5.74, 6) is 1.37. The van der Waals surface area contributed by atoms with Gasteiger partial charge in [-0.25, -0.2) is 4.79 Å². The van der Waals surface area contributed by atoms with Gasteiger partial charge >= 0.3 is 5.97 Å². The standard InChI is InChI=1S/C29H31NO6/c1-3-34-29(32)27-25-17-24(13-14-26(25)36-28(27)21-7-5-4-6-8-21)35-19-22(31)18-30-16-15-20-9-11-23(33-2)12-10-20/h4-14,17,22,30-31H,3,15-16,18-19H2,1-2H3/t22-/m0/s1. The maximum absolute atomic E-state index is 12.8. The average molecular weight is 490 g/mol. The number of rotatable bonds is 12. The van der Waals surface area contributed by atoms with E-state index in [0.717, 1.165) is 24.3 Å². The van der Waals surface area contributed by atoms with Crippen LogP contribution >= 0.6 is 0 Å². The second-order valence-corrected chi connectivity index (χ2v) is 8.32. The number of aliphatic hydroxyl groups excluding tert-OH is 1. The zero-order chi connectivity index (χ0) is 25.3. The van der Waals surface area contributed by atoms with Gasteiger partial charge < -0.3 is 29.1 Å². The van der Waals surface area contributed by atoms with Gasteiger partial charge in [0.05, 0.1) is 13.7 Å². The molecule has 0 aliphatic rings. The normalized spacial score (nSPS) is 11.9. The van der Waals surface area contributed by atoms with Gasteiger partial charge in [0.1, 0.15) is 41.1 Å². The largest absolute Gasteiger partial charge is 0.497 e. The zero-order valence-corrected chi connectivity index (χ0v) is 20.5. The number of fused-ring (bicyclic) bond motifs is 1. The monoisotopic (exact) mass is 489 g/mol. The number of ether oxygens (including phenoxy) is 3. The Labute approximate surface area is 210 Å². The molecule has 0 saturated heterocycles. The number of benzene rings is 3. The molecule has 0 amide bonds. The minimum atomic E-state index is -0.690. The lowest BCUT2D eigenvalue weighted by Gasteiger charge is -2.13. The van der Waals surface area contributed by atoms with E-state index in [0.29, 0.717) is 34.6 Å². The van der Waals surface area contributed by atoms with E-state index in [1.165, 1.54) is 5.56 Å². The van der Waals surface area contributed by atoms with E-state index in [2.05, 4.69) is 5.32 Å². The van der Waals surface area contributed by atoms with E-state index < -0.39 is 12.1 Å². The number of carbonyl (C=O) groups is 1. The fraction of sp³-hybridized carbons (Fsp3) is 0.276. The van der Waals surface area contributed by atoms with Gasteiger partial charge in [-0.2, -0.15) is 0 Å². The van der Waals surface area contributed by atoms with Crippen LogP contribution in [0.25, 0.3) is 22.3 Å². The van der Waals surface area contributed by atoms with Crippen molar-refractivity contribution in [2.75, 3.05) is 33.4 Å². The Morgan fingerprint density at radius 3 is 2.50 bits per heavy atom. The predicted molar refractivity (Wildman–Crippen MR) is 139 cm³/mol. The molecule has 0 fully saturated rings. The van der Waals surface area contributed by atoms with E-state index in [9.17, 15) is 9.90 Å². The van der Waals surface area contributed by atoms with Crippen molar-refractivity contribution in [3.8, 4) is 22.8 Å². The molecule has 188 valence electrons. The summed E-state index contributed by atoms with van der Waals surface area (Å²) in [6.45, 7) is 3.27. The van der Waals surface area contributed by atoms with Crippen molar-refractivity contribution >= 4 is 16.9 Å². The maximum atomic E-state index is 12.8. The Bertz CT molecular complexity index is 1270. The molecule has 3 aromatic carbocycles. The van der Waals surface area contributed by atoms with Gasteiger partial charge in [0.15, 0.2) is 0 Å². The van der Waals surface area contributed by atoms with E-state index in [-0.39, 0.29) is 13.2 Å². The zero-order valence-electron chi connectivity index (χ0n) is 20.5. The highest BCUT2D eigenvalue weighted by Crippen LogP contribution is 2.36. The van der Waals surface area contributed by atoms with Crippen molar-refractivity contribution in [3.05, 3.63) is 83.9 Å². The van der Waals surface area contributed by atoms with Gasteiger partial charge in [-0.1, -0.05) is 42.5 Å². The molecular formula is C29H31NO6. The van der Waals surface area contributed by atoms with Crippen molar-refractivity contribution in [1.29, 1.82) is 0 Å². The summed E-state index contributed by atoms with van der Waals surface area (Å²) < 4.78 is 22.3. The summed E-state index contributed by atoms with van der Waals surface area (Å²) in [4.78, 5) is 12.8. The molecule has 1 heterocycles. The average Bonchev–Trinajstić information content (AvgIpc) is 3.30. The number of hydrogen-bond acceptors (Lipinski definition) is 7. The van der Waals surface area contributed by atoms with E-state index in [1.807, 2.05) is 54.6 Å². The van der Waals surface area contributed by atoms with Crippen molar-refractivity contribution in [1.82, 2.24) is 5.32 Å². The highest BCUT2D eigenvalue weighted by molar-refractivity contribution is 6.09. The van der Waals surface area contributed by atoms with Gasteiger partial charge in [0.2, 0.25) is 0 Å². The first-order valence-corrected chi connectivity index (χ1v) is 12.0. The van der Waals surface area contributed by atoms with Crippen LogP contribution in [0.1, 0.15) is 22.8 Å². The van der Waals surface area contributed by atoms with Gasteiger partial charge in [0, 0.05) is 17.5 Å². The first kappa shape index (κ1) is 25.3. The molecule has 2 N–H and O–H groups in total. The van der Waals surface area contributed by atoms with Crippen LogP contribution in [0.4, 0.5) is 0 Å². The quantitative estimate of drug-likeness (QED) is 0.217. The molecule has 0 radical (unpaired) electrons. The summed E-state index contributed by atoms with van der Waals surface area (Å²) in [5, 5.41) is 14.2. The number of furan rings is 1. The number of hydrogen-bond donors (Lipinski definition) is 2. The summed E-state index contributed by atoms with van der Waals surface area (Å²) in [5.41, 5.74) is 2.90. The third-order valence-corrected chi connectivity index (χ3v) is 5.75. The summed E-state index contributed by atoms with van der Waals surface area (Å²) in [6.07, 6.45) is 0.153. The molecular weight excluding hydrogens is 458 g/mol. The van der Waals surface area contributed by atoms with Crippen LogP contribution in [0.15, 0.2) is 77.2 Å². The van der Waals surface area contributed by atoms with Crippen LogP contribution in [-0.2, 0) is 11.2 Å². The fourth-order valence-corrected chi connectivity index (χ4v) is 3.91. The van der Waals surface area contributed by atoms with E-state index >= 15 is 0 Å². The van der Waals surface area contributed by atoms with Crippen LogP contribution in [-0.4, -0.2) is 50.6 Å². The minimum absolute atomic E-state index is 0.110. The van der Waals surface area contributed by atoms with Crippen LogP contribution in [0.3, 0.4) is 0 Å². The number of carbonyl (C=O) groups excluding carboxylic acids is 1. The second kappa shape index (κ2) is 12.2. The molecule has 4 aromatic rings. The summed E-state index contributed by atoms with van der Waals surface area (Å²) >= 11 is 0. The Morgan fingerprint density at radius 2 is 1.78 bits per heavy atom. The Hall–Kier alpha value is -3.81. The van der Waals surface area contributed by atoms with Gasteiger partial charge in [-0.05, 0) is 55.8 Å². The molecule has 0 aliphatic heterocycles. The Morgan fingerprint density at radius 1 is 1.03 bits per heavy atom. The highest BCUT2D eigenvalue weighted by atomic mass is 16.5. The molecule has 7 heteroatoms. The van der Waals surface area contributed by atoms with Crippen LogP contribution in [0.5, 0.6) is 11.5 Å². The topological polar surface area (TPSA) is 90.2 Å². The molecule has 36 heavy (non-hydrogen) atoms. The fourth-order valence-electron chi connectivity index (χ4n) is 3.91. The molecule has 0 spiro atoms. The van der Waals surface area contributed by atoms with Gasteiger partial charge in [-0.3, -0.25) is 0 Å². The number of aliphatic hydroxyl groups is 1. The van der Waals surface area contributed by atoms with E-state index in [4.69, 9.17) is 18.6 Å². The molecule has 7 nitrogen and oxygen atoms in total. The molecule has 0 unspecified atom stereocenters. The Kier molecular flexibility index (Phi) is 8.60. The minimum Gasteiger partial charge on any atom is -0.497 e.